The Morgan fingerprint density at radius 1 is 1.14 bits per heavy atom. The Balaban J connectivity index is 1.86. The maximum atomic E-state index is 13.4. The van der Waals surface area contributed by atoms with E-state index in [4.69, 9.17) is 0 Å². The third-order valence-corrected chi connectivity index (χ3v) is 4.35. The molecule has 1 aromatic carbocycles. The molecular weight excluding hydrogens is 265 g/mol. The summed E-state index contributed by atoms with van der Waals surface area (Å²) < 4.78 is 13.4. The minimum Gasteiger partial charge on any atom is -0.310 e. The first-order chi connectivity index (χ1) is 10.2. The minimum absolute atomic E-state index is 0.146. The monoisotopic (exact) mass is 293 g/mol. The van der Waals surface area contributed by atoms with Crippen LogP contribution < -0.4 is 5.32 Å². The zero-order chi connectivity index (χ0) is 15.1. The molecule has 3 nitrogen and oxygen atoms in total. The van der Waals surface area contributed by atoms with Crippen molar-refractivity contribution in [1.82, 2.24) is 15.1 Å². The van der Waals surface area contributed by atoms with Gasteiger partial charge in [0.25, 0.3) is 0 Å². The lowest BCUT2D eigenvalue weighted by atomic mass is 10.0. The molecule has 0 bridgehead atoms. The summed E-state index contributed by atoms with van der Waals surface area (Å²) >= 11 is 0. The molecule has 0 radical (unpaired) electrons. The van der Waals surface area contributed by atoms with Gasteiger partial charge in [0.1, 0.15) is 5.82 Å². The van der Waals surface area contributed by atoms with Crippen molar-refractivity contribution in [2.75, 3.05) is 45.8 Å². The lowest BCUT2D eigenvalue weighted by Gasteiger charge is -2.34. The first-order valence-electron chi connectivity index (χ1n) is 8.16. The molecule has 118 valence electrons. The van der Waals surface area contributed by atoms with Crippen molar-refractivity contribution >= 4 is 0 Å². The van der Waals surface area contributed by atoms with Crippen molar-refractivity contribution in [3.05, 3.63) is 35.6 Å². The first-order valence-corrected chi connectivity index (χ1v) is 8.16. The summed E-state index contributed by atoms with van der Waals surface area (Å²) in [6.45, 7) is 12.1. The van der Waals surface area contributed by atoms with Crippen molar-refractivity contribution in [2.24, 2.45) is 0 Å². The van der Waals surface area contributed by atoms with Gasteiger partial charge in [0.2, 0.25) is 0 Å². The zero-order valence-electron chi connectivity index (χ0n) is 13.3. The molecule has 1 unspecified atom stereocenters. The van der Waals surface area contributed by atoms with Crippen molar-refractivity contribution in [3.8, 4) is 0 Å². The standard InChI is InChI=1S/C17H28FN3/c1-3-19-17(15-6-5-7-16(18)14-15)8-9-21-12-10-20(4-2)11-13-21/h5-7,14,17,19H,3-4,8-13H2,1-2H3. The highest BCUT2D eigenvalue weighted by Gasteiger charge is 2.17. The van der Waals surface area contributed by atoms with Gasteiger partial charge in [-0.2, -0.15) is 0 Å². The molecule has 1 aromatic rings. The molecule has 21 heavy (non-hydrogen) atoms. The highest BCUT2D eigenvalue weighted by molar-refractivity contribution is 5.20. The van der Waals surface area contributed by atoms with Crippen LogP contribution in [0.3, 0.4) is 0 Å². The SMILES string of the molecule is CCNC(CCN1CCN(CC)CC1)c1cccc(F)c1. The molecule has 0 spiro atoms. The van der Waals surface area contributed by atoms with Crippen LogP contribution in [0.15, 0.2) is 24.3 Å². The van der Waals surface area contributed by atoms with E-state index in [-0.39, 0.29) is 11.9 Å². The predicted octanol–water partition coefficient (Wildman–Crippen LogP) is 2.50. The Kier molecular flexibility index (Phi) is 6.61. The van der Waals surface area contributed by atoms with E-state index in [1.165, 1.54) is 19.2 Å². The maximum Gasteiger partial charge on any atom is 0.123 e. The Labute approximate surface area is 128 Å². The highest BCUT2D eigenvalue weighted by Crippen LogP contribution is 2.18. The molecule has 0 saturated carbocycles. The second-order valence-corrected chi connectivity index (χ2v) is 5.73. The zero-order valence-corrected chi connectivity index (χ0v) is 13.3. The summed E-state index contributed by atoms with van der Waals surface area (Å²) in [6.07, 6.45) is 1.03. The minimum atomic E-state index is -0.146. The van der Waals surface area contributed by atoms with Gasteiger partial charge in [-0.1, -0.05) is 26.0 Å². The molecule has 0 amide bonds. The Hall–Kier alpha value is -0.970. The van der Waals surface area contributed by atoms with Gasteiger partial charge in [-0.15, -0.1) is 0 Å². The van der Waals surface area contributed by atoms with Crippen molar-refractivity contribution in [1.29, 1.82) is 0 Å². The van der Waals surface area contributed by atoms with Gasteiger partial charge in [-0.3, -0.25) is 0 Å². The molecule has 1 saturated heterocycles. The smallest absolute Gasteiger partial charge is 0.123 e. The van der Waals surface area contributed by atoms with Crippen molar-refractivity contribution < 1.29 is 4.39 Å². The van der Waals surface area contributed by atoms with E-state index < -0.39 is 0 Å². The highest BCUT2D eigenvalue weighted by atomic mass is 19.1. The van der Waals surface area contributed by atoms with Crippen LogP contribution in [-0.2, 0) is 0 Å². The molecule has 1 atom stereocenters. The summed E-state index contributed by atoms with van der Waals surface area (Å²) in [4.78, 5) is 5.01. The van der Waals surface area contributed by atoms with Gasteiger partial charge in [-0.25, -0.2) is 4.39 Å². The molecular formula is C17H28FN3. The fraction of sp³-hybridized carbons (Fsp3) is 0.647. The van der Waals surface area contributed by atoms with E-state index in [2.05, 4.69) is 29.0 Å². The van der Waals surface area contributed by atoms with E-state index >= 15 is 0 Å². The molecule has 1 heterocycles. The van der Waals surface area contributed by atoms with Crippen molar-refractivity contribution in [2.45, 2.75) is 26.3 Å². The van der Waals surface area contributed by atoms with Crippen LogP contribution in [0.1, 0.15) is 31.9 Å². The molecule has 0 aromatic heterocycles. The number of benzene rings is 1. The number of rotatable bonds is 7. The molecule has 4 heteroatoms. The average Bonchev–Trinajstić information content (AvgIpc) is 2.52. The van der Waals surface area contributed by atoms with Gasteiger partial charge in [0.05, 0.1) is 0 Å². The summed E-state index contributed by atoms with van der Waals surface area (Å²) in [5.74, 6) is -0.146. The summed E-state index contributed by atoms with van der Waals surface area (Å²) in [5, 5.41) is 3.48. The number of nitrogens with one attached hydrogen (secondary N) is 1. The second-order valence-electron chi connectivity index (χ2n) is 5.73. The van der Waals surface area contributed by atoms with Crippen LogP contribution in [-0.4, -0.2) is 55.6 Å². The molecule has 1 aliphatic heterocycles. The molecule has 1 aliphatic rings. The fourth-order valence-corrected chi connectivity index (χ4v) is 3.00. The van der Waals surface area contributed by atoms with E-state index in [1.807, 2.05) is 6.07 Å². The third-order valence-electron chi connectivity index (χ3n) is 4.35. The Morgan fingerprint density at radius 3 is 2.48 bits per heavy atom. The average molecular weight is 293 g/mol. The fourth-order valence-electron chi connectivity index (χ4n) is 3.00. The number of hydrogen-bond acceptors (Lipinski definition) is 3. The topological polar surface area (TPSA) is 18.5 Å². The van der Waals surface area contributed by atoms with E-state index in [0.29, 0.717) is 0 Å². The number of piperazine rings is 1. The van der Waals surface area contributed by atoms with E-state index in [0.717, 1.165) is 44.7 Å². The lowest BCUT2D eigenvalue weighted by Crippen LogP contribution is -2.46. The van der Waals surface area contributed by atoms with E-state index in [1.54, 1.807) is 12.1 Å². The Morgan fingerprint density at radius 2 is 1.86 bits per heavy atom. The molecule has 0 aliphatic carbocycles. The quantitative estimate of drug-likeness (QED) is 0.833. The number of halogens is 1. The maximum absolute atomic E-state index is 13.4. The third kappa shape index (κ3) is 5.06. The number of nitrogens with zero attached hydrogens (tertiary/aromatic N) is 2. The van der Waals surface area contributed by atoms with Crippen molar-refractivity contribution in [3.63, 3.8) is 0 Å². The Bertz CT molecular complexity index is 416. The van der Waals surface area contributed by atoms with Gasteiger partial charge in [0.15, 0.2) is 0 Å². The van der Waals surface area contributed by atoms with E-state index in [9.17, 15) is 4.39 Å². The van der Waals surface area contributed by atoms with Gasteiger partial charge in [-0.05, 0) is 37.2 Å². The van der Waals surface area contributed by atoms with Crippen LogP contribution >= 0.6 is 0 Å². The van der Waals surface area contributed by atoms with Crippen LogP contribution in [0.25, 0.3) is 0 Å². The lowest BCUT2D eigenvalue weighted by molar-refractivity contribution is 0.133. The van der Waals surface area contributed by atoms with Gasteiger partial charge < -0.3 is 15.1 Å². The molecule has 1 N–H and O–H groups in total. The summed E-state index contributed by atoms with van der Waals surface area (Å²) in [7, 11) is 0. The first kappa shape index (κ1) is 16.4. The molecule has 2 rings (SSSR count). The van der Waals surface area contributed by atoms with Crippen LogP contribution in [0.4, 0.5) is 4.39 Å². The van der Waals surface area contributed by atoms with Crippen LogP contribution in [0.2, 0.25) is 0 Å². The summed E-state index contributed by atoms with van der Waals surface area (Å²) in [5.41, 5.74) is 1.06. The normalized spacial score (nSPS) is 18.8. The van der Waals surface area contributed by atoms with Gasteiger partial charge in [0, 0.05) is 38.8 Å². The molecule has 1 fully saturated rings. The summed E-state index contributed by atoms with van der Waals surface area (Å²) in [6, 6.07) is 7.23. The van der Waals surface area contributed by atoms with Crippen LogP contribution in [0, 0.1) is 5.82 Å². The predicted molar refractivity (Wildman–Crippen MR) is 86.0 cm³/mol. The number of hydrogen-bond donors (Lipinski definition) is 1. The van der Waals surface area contributed by atoms with Gasteiger partial charge >= 0.3 is 0 Å². The largest absolute Gasteiger partial charge is 0.310 e. The van der Waals surface area contributed by atoms with Crippen LogP contribution in [0.5, 0.6) is 0 Å². The second kappa shape index (κ2) is 8.47. The number of likely N-dealkylation sites (N-methyl/N-ethyl adjacent to an activating group) is 1.